The summed E-state index contributed by atoms with van der Waals surface area (Å²) in [5.74, 6) is -0.387. The van der Waals surface area contributed by atoms with E-state index in [4.69, 9.17) is 0 Å². The number of benzene rings is 1. The van der Waals surface area contributed by atoms with Gasteiger partial charge in [-0.3, -0.25) is 4.79 Å². The van der Waals surface area contributed by atoms with Crippen molar-refractivity contribution >= 4 is 11.6 Å². The summed E-state index contributed by atoms with van der Waals surface area (Å²) in [6.45, 7) is 4.60. The first kappa shape index (κ1) is 15.8. The molecular weight excluding hydrogens is 269 g/mol. The van der Waals surface area contributed by atoms with Crippen molar-refractivity contribution < 1.29 is 9.18 Å². The van der Waals surface area contributed by atoms with Crippen molar-refractivity contribution in [1.29, 1.82) is 0 Å². The Hall–Kier alpha value is -1.62. The van der Waals surface area contributed by atoms with Crippen LogP contribution in [-0.2, 0) is 11.3 Å². The summed E-state index contributed by atoms with van der Waals surface area (Å²) in [5.41, 5.74) is 1.39. The first-order valence-corrected chi connectivity index (χ1v) is 7.48. The third-order valence-electron chi connectivity index (χ3n) is 3.44. The van der Waals surface area contributed by atoms with Crippen molar-refractivity contribution in [3.63, 3.8) is 0 Å². The number of rotatable bonds is 7. The standard InChI is InChI=1S/C16H24FN3O/c1-11(2)19-15(21)10-20(3)16-12(5-4-6-14(16)17)9-18-13-7-8-13/h4-6,11,13,18H,7-10H2,1-3H3,(H,19,21). The van der Waals surface area contributed by atoms with Gasteiger partial charge in [0.1, 0.15) is 5.82 Å². The van der Waals surface area contributed by atoms with E-state index in [0.29, 0.717) is 18.3 Å². The summed E-state index contributed by atoms with van der Waals surface area (Å²) >= 11 is 0. The van der Waals surface area contributed by atoms with Crippen LogP contribution in [0.3, 0.4) is 0 Å². The Labute approximate surface area is 125 Å². The number of likely N-dealkylation sites (N-methyl/N-ethyl adjacent to an activating group) is 1. The molecule has 1 amide bonds. The van der Waals surface area contributed by atoms with Gasteiger partial charge in [0.25, 0.3) is 0 Å². The average molecular weight is 293 g/mol. The van der Waals surface area contributed by atoms with E-state index in [1.165, 1.54) is 18.9 Å². The molecule has 1 aliphatic rings. The Bertz CT molecular complexity index is 500. The maximum atomic E-state index is 14.2. The van der Waals surface area contributed by atoms with Gasteiger partial charge in [-0.15, -0.1) is 0 Å². The van der Waals surface area contributed by atoms with Crippen molar-refractivity contribution in [2.75, 3.05) is 18.5 Å². The largest absolute Gasteiger partial charge is 0.363 e. The lowest BCUT2D eigenvalue weighted by atomic mass is 10.1. The molecule has 0 aliphatic heterocycles. The highest BCUT2D eigenvalue weighted by molar-refractivity contribution is 5.81. The molecule has 5 heteroatoms. The van der Waals surface area contributed by atoms with Crippen molar-refractivity contribution in [2.45, 2.75) is 45.3 Å². The fraction of sp³-hybridized carbons (Fsp3) is 0.562. The zero-order valence-electron chi connectivity index (χ0n) is 12.9. The molecule has 0 saturated heterocycles. The van der Waals surface area contributed by atoms with E-state index < -0.39 is 0 Å². The van der Waals surface area contributed by atoms with Crippen LogP contribution in [0.2, 0.25) is 0 Å². The van der Waals surface area contributed by atoms with E-state index in [1.807, 2.05) is 19.9 Å². The van der Waals surface area contributed by atoms with E-state index in [9.17, 15) is 9.18 Å². The number of para-hydroxylation sites is 1. The van der Waals surface area contributed by atoms with Crippen LogP contribution in [0.5, 0.6) is 0 Å². The minimum absolute atomic E-state index is 0.0857. The molecule has 0 spiro atoms. The zero-order chi connectivity index (χ0) is 15.4. The maximum absolute atomic E-state index is 14.2. The molecule has 1 fully saturated rings. The van der Waals surface area contributed by atoms with Crippen LogP contribution in [0.15, 0.2) is 18.2 Å². The Kier molecular flexibility index (Phi) is 5.17. The minimum Gasteiger partial charge on any atom is -0.363 e. The molecular formula is C16H24FN3O. The highest BCUT2D eigenvalue weighted by Gasteiger charge is 2.22. The van der Waals surface area contributed by atoms with Crippen LogP contribution in [0.4, 0.5) is 10.1 Å². The number of anilines is 1. The van der Waals surface area contributed by atoms with Gasteiger partial charge < -0.3 is 15.5 Å². The fourth-order valence-corrected chi connectivity index (χ4v) is 2.33. The zero-order valence-corrected chi connectivity index (χ0v) is 12.9. The van der Waals surface area contributed by atoms with Gasteiger partial charge in [-0.2, -0.15) is 0 Å². The van der Waals surface area contributed by atoms with Gasteiger partial charge in [-0.1, -0.05) is 12.1 Å². The van der Waals surface area contributed by atoms with E-state index in [-0.39, 0.29) is 24.3 Å². The van der Waals surface area contributed by atoms with Gasteiger partial charge in [0.2, 0.25) is 5.91 Å². The lowest BCUT2D eigenvalue weighted by molar-refractivity contribution is -0.120. The topological polar surface area (TPSA) is 44.4 Å². The molecule has 1 aromatic carbocycles. The summed E-state index contributed by atoms with van der Waals surface area (Å²) in [6.07, 6.45) is 2.38. The van der Waals surface area contributed by atoms with Gasteiger partial charge in [0, 0.05) is 25.7 Å². The highest BCUT2D eigenvalue weighted by Crippen LogP contribution is 2.25. The molecule has 1 aliphatic carbocycles. The number of carbonyl (C=O) groups excluding carboxylic acids is 1. The molecule has 0 radical (unpaired) electrons. The van der Waals surface area contributed by atoms with Crippen molar-refractivity contribution in [2.24, 2.45) is 0 Å². The number of nitrogens with zero attached hydrogens (tertiary/aromatic N) is 1. The summed E-state index contributed by atoms with van der Waals surface area (Å²) in [4.78, 5) is 13.5. The number of halogens is 1. The van der Waals surface area contributed by atoms with Crippen LogP contribution < -0.4 is 15.5 Å². The minimum atomic E-state index is -0.287. The normalized spacial score (nSPS) is 14.3. The lowest BCUT2D eigenvalue weighted by Crippen LogP contribution is -2.39. The number of carbonyl (C=O) groups is 1. The lowest BCUT2D eigenvalue weighted by Gasteiger charge is -2.23. The number of hydrogen-bond donors (Lipinski definition) is 2. The Morgan fingerprint density at radius 3 is 2.76 bits per heavy atom. The summed E-state index contributed by atoms with van der Waals surface area (Å²) in [6, 6.07) is 5.71. The van der Waals surface area contributed by atoms with E-state index in [0.717, 1.165) is 5.56 Å². The van der Waals surface area contributed by atoms with E-state index >= 15 is 0 Å². The van der Waals surface area contributed by atoms with E-state index in [1.54, 1.807) is 18.0 Å². The second-order valence-corrected chi connectivity index (χ2v) is 5.98. The second kappa shape index (κ2) is 6.89. The predicted octanol–water partition coefficient (Wildman–Crippen LogP) is 2.04. The molecule has 2 rings (SSSR count). The smallest absolute Gasteiger partial charge is 0.239 e. The number of amides is 1. The van der Waals surface area contributed by atoms with Gasteiger partial charge in [-0.25, -0.2) is 4.39 Å². The number of hydrogen-bond acceptors (Lipinski definition) is 3. The molecule has 1 saturated carbocycles. The van der Waals surface area contributed by atoms with Gasteiger partial charge >= 0.3 is 0 Å². The SMILES string of the molecule is CC(C)NC(=O)CN(C)c1c(F)cccc1CNC1CC1. The second-order valence-electron chi connectivity index (χ2n) is 5.98. The molecule has 0 heterocycles. The van der Waals surface area contributed by atoms with Crippen LogP contribution in [0, 0.1) is 5.82 Å². The number of nitrogens with one attached hydrogen (secondary N) is 2. The first-order valence-electron chi connectivity index (χ1n) is 7.48. The summed E-state index contributed by atoms with van der Waals surface area (Å²) < 4.78 is 14.2. The van der Waals surface area contributed by atoms with Crippen molar-refractivity contribution in [3.8, 4) is 0 Å². The van der Waals surface area contributed by atoms with Crippen LogP contribution in [0.1, 0.15) is 32.3 Å². The monoisotopic (exact) mass is 293 g/mol. The van der Waals surface area contributed by atoms with Crippen LogP contribution in [0.25, 0.3) is 0 Å². The molecule has 0 atom stereocenters. The predicted molar refractivity (Wildman–Crippen MR) is 82.8 cm³/mol. The van der Waals surface area contributed by atoms with Crippen molar-refractivity contribution in [1.82, 2.24) is 10.6 Å². The third kappa shape index (κ3) is 4.70. The average Bonchev–Trinajstić information content (AvgIpc) is 3.18. The summed E-state index contributed by atoms with van der Waals surface area (Å²) in [5, 5.41) is 6.21. The van der Waals surface area contributed by atoms with Crippen LogP contribution >= 0.6 is 0 Å². The van der Waals surface area contributed by atoms with Gasteiger partial charge in [-0.05, 0) is 38.3 Å². The molecule has 116 valence electrons. The quantitative estimate of drug-likeness (QED) is 0.808. The molecule has 1 aromatic rings. The molecule has 2 N–H and O–H groups in total. The molecule has 0 bridgehead atoms. The Morgan fingerprint density at radius 1 is 1.43 bits per heavy atom. The third-order valence-corrected chi connectivity index (χ3v) is 3.44. The summed E-state index contributed by atoms with van der Waals surface area (Å²) in [7, 11) is 1.75. The fourth-order valence-electron chi connectivity index (χ4n) is 2.33. The Balaban J connectivity index is 2.06. The first-order chi connectivity index (χ1) is 9.97. The van der Waals surface area contributed by atoms with Gasteiger partial charge in [0.05, 0.1) is 12.2 Å². The molecule has 0 unspecified atom stereocenters. The highest BCUT2D eigenvalue weighted by atomic mass is 19.1. The van der Waals surface area contributed by atoms with Crippen LogP contribution in [-0.4, -0.2) is 31.6 Å². The molecule has 4 nitrogen and oxygen atoms in total. The molecule has 21 heavy (non-hydrogen) atoms. The molecule has 0 aromatic heterocycles. The Morgan fingerprint density at radius 2 is 2.14 bits per heavy atom. The maximum Gasteiger partial charge on any atom is 0.239 e. The van der Waals surface area contributed by atoms with Crippen molar-refractivity contribution in [3.05, 3.63) is 29.6 Å². The van der Waals surface area contributed by atoms with Gasteiger partial charge in [0.15, 0.2) is 0 Å². The van der Waals surface area contributed by atoms with E-state index in [2.05, 4.69) is 10.6 Å².